The summed E-state index contributed by atoms with van der Waals surface area (Å²) in [6.07, 6.45) is 12.2. The molecule has 0 heterocycles. The van der Waals surface area contributed by atoms with Crippen LogP contribution in [0.5, 0.6) is 0 Å². The number of carboxylic acids is 1. The van der Waals surface area contributed by atoms with Gasteiger partial charge in [0, 0.05) is 6.66 Å². The molecule has 7 nitrogen and oxygen atoms in total. The van der Waals surface area contributed by atoms with E-state index in [1.54, 1.807) is 0 Å². The minimum Gasteiger partial charge on any atom is -0.479 e. The number of esters is 1. The molecule has 0 fully saturated rings. The van der Waals surface area contributed by atoms with Crippen molar-refractivity contribution in [2.45, 2.75) is 96.5 Å². The maximum Gasteiger partial charge on any atom is 0.334 e. The lowest BCUT2D eigenvalue weighted by Gasteiger charge is -2.14. The molecular weight excluding hydrogens is 371 g/mol. The minimum absolute atomic E-state index is 0.228. The SMILES string of the molecule is CCCCCCCCCCCCCCOC(=O)CC(OP(C)(=O)O)C(=O)O. The van der Waals surface area contributed by atoms with Crippen LogP contribution in [-0.2, 0) is 23.4 Å². The average Bonchev–Trinajstić information content (AvgIpc) is 2.57. The quantitative estimate of drug-likeness (QED) is 0.188. The molecule has 2 N–H and O–H groups in total. The van der Waals surface area contributed by atoms with E-state index in [1.165, 1.54) is 57.8 Å². The first-order valence-electron chi connectivity index (χ1n) is 10.1. The summed E-state index contributed by atoms with van der Waals surface area (Å²) >= 11 is 0. The second-order valence-corrected chi connectivity index (χ2v) is 8.87. The Morgan fingerprint density at radius 3 is 1.74 bits per heavy atom. The van der Waals surface area contributed by atoms with Gasteiger partial charge >= 0.3 is 19.5 Å². The minimum atomic E-state index is -3.98. The highest BCUT2D eigenvalue weighted by molar-refractivity contribution is 7.51. The van der Waals surface area contributed by atoms with Crippen LogP contribution in [0.2, 0.25) is 0 Å². The smallest absolute Gasteiger partial charge is 0.334 e. The Hall–Kier alpha value is -0.910. The number of rotatable bonds is 18. The molecule has 0 aliphatic carbocycles. The number of carbonyl (C=O) groups is 2. The molecule has 2 atom stereocenters. The molecule has 0 aromatic heterocycles. The predicted octanol–water partition coefficient (Wildman–Crippen LogP) is 4.91. The molecule has 0 aromatic carbocycles. The molecule has 2 unspecified atom stereocenters. The van der Waals surface area contributed by atoms with E-state index in [-0.39, 0.29) is 6.61 Å². The Bertz CT molecular complexity index is 447. The molecule has 0 amide bonds. The number of hydrogen-bond acceptors (Lipinski definition) is 5. The van der Waals surface area contributed by atoms with Crippen LogP contribution >= 0.6 is 7.60 Å². The number of aliphatic carboxylic acids is 1. The standard InChI is InChI=1S/C19H37O7P/c1-3-4-5-6-7-8-9-10-11-12-13-14-15-25-18(20)16-17(19(21)22)26-27(2,23)24/h17H,3-16H2,1-2H3,(H,21,22)(H,23,24). The fraction of sp³-hybridized carbons (Fsp3) is 0.895. The van der Waals surface area contributed by atoms with Gasteiger partial charge in [-0.25, -0.2) is 4.79 Å². The summed E-state index contributed by atoms with van der Waals surface area (Å²) in [6.45, 7) is 3.33. The van der Waals surface area contributed by atoms with Crippen molar-refractivity contribution >= 4 is 19.5 Å². The predicted molar refractivity (Wildman–Crippen MR) is 105 cm³/mol. The van der Waals surface area contributed by atoms with Crippen molar-refractivity contribution in [2.24, 2.45) is 0 Å². The lowest BCUT2D eigenvalue weighted by atomic mass is 10.1. The highest BCUT2D eigenvalue weighted by Gasteiger charge is 2.28. The Labute approximate surface area is 163 Å². The van der Waals surface area contributed by atoms with Gasteiger partial charge in [0.1, 0.15) is 0 Å². The van der Waals surface area contributed by atoms with Crippen molar-refractivity contribution in [3.8, 4) is 0 Å². The topological polar surface area (TPSA) is 110 Å². The third kappa shape index (κ3) is 18.2. The fourth-order valence-corrected chi connectivity index (χ4v) is 3.38. The lowest BCUT2D eigenvalue weighted by molar-refractivity contribution is -0.154. The van der Waals surface area contributed by atoms with Crippen molar-refractivity contribution < 1.29 is 33.4 Å². The molecule has 0 aliphatic rings. The summed E-state index contributed by atoms with van der Waals surface area (Å²) in [5.74, 6) is -2.20. The van der Waals surface area contributed by atoms with Gasteiger partial charge in [0.05, 0.1) is 13.0 Å². The van der Waals surface area contributed by atoms with Gasteiger partial charge in [0.2, 0.25) is 0 Å². The maximum absolute atomic E-state index is 11.6. The molecule has 8 heteroatoms. The van der Waals surface area contributed by atoms with Crippen LogP contribution in [0.3, 0.4) is 0 Å². The van der Waals surface area contributed by atoms with E-state index in [0.29, 0.717) is 0 Å². The van der Waals surface area contributed by atoms with Gasteiger partial charge in [0.15, 0.2) is 6.10 Å². The zero-order chi connectivity index (χ0) is 20.5. The first kappa shape index (κ1) is 26.1. The molecular formula is C19H37O7P. The molecule has 0 saturated carbocycles. The summed E-state index contributed by atoms with van der Waals surface area (Å²) in [5.41, 5.74) is 0. The molecule has 0 radical (unpaired) electrons. The van der Waals surface area contributed by atoms with E-state index >= 15 is 0 Å². The Morgan fingerprint density at radius 2 is 1.33 bits per heavy atom. The summed E-state index contributed by atoms with van der Waals surface area (Å²) in [7, 11) is -3.98. The van der Waals surface area contributed by atoms with Crippen molar-refractivity contribution in [3.05, 3.63) is 0 Å². The van der Waals surface area contributed by atoms with Crippen LogP contribution in [-0.4, -0.2) is 41.3 Å². The van der Waals surface area contributed by atoms with Crippen LogP contribution in [0, 0.1) is 0 Å². The molecule has 0 rings (SSSR count). The van der Waals surface area contributed by atoms with E-state index in [1.807, 2.05) is 0 Å². The van der Waals surface area contributed by atoms with E-state index in [4.69, 9.17) is 14.7 Å². The van der Waals surface area contributed by atoms with E-state index in [9.17, 15) is 14.2 Å². The van der Waals surface area contributed by atoms with Gasteiger partial charge in [-0.2, -0.15) is 0 Å². The second-order valence-electron chi connectivity index (χ2n) is 7.05. The Kier molecular flexibility index (Phi) is 15.5. The van der Waals surface area contributed by atoms with E-state index in [2.05, 4.69) is 11.4 Å². The molecule has 0 bridgehead atoms. The van der Waals surface area contributed by atoms with Crippen molar-refractivity contribution in [1.29, 1.82) is 0 Å². The third-order valence-corrected chi connectivity index (χ3v) is 4.86. The monoisotopic (exact) mass is 408 g/mol. The summed E-state index contributed by atoms with van der Waals surface area (Å²) in [5, 5.41) is 8.90. The van der Waals surface area contributed by atoms with Crippen molar-refractivity contribution in [3.63, 3.8) is 0 Å². The largest absolute Gasteiger partial charge is 0.479 e. The molecule has 0 saturated heterocycles. The third-order valence-electron chi connectivity index (χ3n) is 4.21. The average molecular weight is 408 g/mol. The number of unbranched alkanes of at least 4 members (excludes halogenated alkanes) is 11. The zero-order valence-corrected chi connectivity index (χ0v) is 17.8. The van der Waals surface area contributed by atoms with Crippen LogP contribution in [0.1, 0.15) is 90.4 Å². The van der Waals surface area contributed by atoms with E-state index in [0.717, 1.165) is 25.9 Å². The van der Waals surface area contributed by atoms with Gasteiger partial charge in [-0.1, -0.05) is 77.6 Å². The van der Waals surface area contributed by atoms with Gasteiger partial charge < -0.3 is 14.7 Å². The molecule has 27 heavy (non-hydrogen) atoms. The Balaban J connectivity index is 3.57. The summed E-state index contributed by atoms with van der Waals surface area (Å²) < 4.78 is 20.6. The zero-order valence-electron chi connectivity index (χ0n) is 16.9. The normalized spacial score (nSPS) is 14.5. The van der Waals surface area contributed by atoms with Crippen LogP contribution in [0.4, 0.5) is 0 Å². The number of hydrogen-bond donors (Lipinski definition) is 2. The van der Waals surface area contributed by atoms with Gasteiger partial charge in [0.25, 0.3) is 0 Å². The van der Waals surface area contributed by atoms with E-state index < -0.39 is 32.1 Å². The first-order valence-corrected chi connectivity index (χ1v) is 12.2. The molecule has 160 valence electrons. The van der Waals surface area contributed by atoms with Crippen LogP contribution < -0.4 is 0 Å². The Morgan fingerprint density at radius 1 is 0.889 bits per heavy atom. The first-order chi connectivity index (χ1) is 12.8. The highest BCUT2D eigenvalue weighted by Crippen LogP contribution is 2.39. The second kappa shape index (κ2) is 16.1. The summed E-state index contributed by atoms with van der Waals surface area (Å²) in [6, 6.07) is 0. The van der Waals surface area contributed by atoms with Crippen LogP contribution in [0.15, 0.2) is 0 Å². The molecule has 0 aromatic rings. The summed E-state index contributed by atoms with van der Waals surface area (Å²) in [4.78, 5) is 31.6. The number of carboxylic acid groups (broad SMARTS) is 1. The van der Waals surface area contributed by atoms with Gasteiger partial charge in [-0.15, -0.1) is 0 Å². The fourth-order valence-electron chi connectivity index (χ4n) is 2.75. The van der Waals surface area contributed by atoms with Crippen molar-refractivity contribution in [1.82, 2.24) is 0 Å². The number of ether oxygens (including phenoxy) is 1. The van der Waals surface area contributed by atoms with Crippen LogP contribution in [0.25, 0.3) is 0 Å². The number of carbonyl (C=O) groups excluding carboxylic acids is 1. The molecule has 0 aliphatic heterocycles. The molecule has 0 spiro atoms. The van der Waals surface area contributed by atoms with Gasteiger partial charge in [-0.3, -0.25) is 13.9 Å². The maximum atomic E-state index is 11.6. The van der Waals surface area contributed by atoms with Crippen molar-refractivity contribution in [2.75, 3.05) is 13.3 Å². The highest BCUT2D eigenvalue weighted by atomic mass is 31.2. The lowest BCUT2D eigenvalue weighted by Crippen LogP contribution is -2.27. The van der Waals surface area contributed by atoms with Gasteiger partial charge in [-0.05, 0) is 6.42 Å².